The predicted octanol–water partition coefficient (Wildman–Crippen LogP) is 7.56. The van der Waals surface area contributed by atoms with Crippen LogP contribution in [0, 0.1) is 5.82 Å². The lowest BCUT2D eigenvalue weighted by Crippen LogP contribution is -1.95. The number of hydrogen-bond acceptors (Lipinski definition) is 2. The van der Waals surface area contributed by atoms with E-state index in [4.69, 9.17) is 23.2 Å². The Kier molecular flexibility index (Phi) is 6.12. The van der Waals surface area contributed by atoms with Crippen molar-refractivity contribution in [3.8, 4) is 28.1 Å². The van der Waals surface area contributed by atoms with Gasteiger partial charge in [-0.2, -0.15) is 0 Å². The van der Waals surface area contributed by atoms with Crippen LogP contribution in [0.2, 0.25) is 10.0 Å². The first-order chi connectivity index (χ1) is 14.9. The van der Waals surface area contributed by atoms with Gasteiger partial charge in [0.05, 0.1) is 10.7 Å². The molecule has 1 N–H and O–H groups in total. The van der Waals surface area contributed by atoms with Gasteiger partial charge in [0.25, 0.3) is 0 Å². The molecule has 0 bridgehead atoms. The molecule has 0 fully saturated rings. The third-order valence-electron chi connectivity index (χ3n) is 4.95. The summed E-state index contributed by atoms with van der Waals surface area (Å²) in [6.45, 7) is 2.72. The Morgan fingerprint density at radius 3 is 2.52 bits per heavy atom. The van der Waals surface area contributed by atoms with E-state index in [1.807, 2.05) is 35.9 Å². The fourth-order valence-corrected chi connectivity index (χ4v) is 3.84. The fourth-order valence-electron chi connectivity index (χ4n) is 3.34. The number of benzene rings is 3. The molecular weight excluding hydrogens is 434 g/mol. The van der Waals surface area contributed by atoms with Gasteiger partial charge in [-0.05, 0) is 66.6 Å². The molecule has 156 valence electrons. The average molecular weight is 453 g/mol. The largest absolute Gasteiger partial charge is 0.508 e. The van der Waals surface area contributed by atoms with Gasteiger partial charge in [0, 0.05) is 28.9 Å². The number of rotatable bonds is 5. The van der Waals surface area contributed by atoms with Crippen LogP contribution in [0.5, 0.6) is 5.75 Å². The minimum absolute atomic E-state index is 0.143. The van der Waals surface area contributed by atoms with Crippen molar-refractivity contribution in [1.82, 2.24) is 9.55 Å². The second kappa shape index (κ2) is 8.96. The highest BCUT2D eigenvalue weighted by Gasteiger charge is 2.11. The monoisotopic (exact) mass is 452 g/mol. The number of phenols is 1. The molecule has 3 nitrogen and oxygen atoms in total. The third-order valence-corrected chi connectivity index (χ3v) is 5.49. The SMILES string of the molecule is CCn1cc(-c2ccc(Cl)cc2Cl)nc1C=Cc1ccc(-c2cccc(O)c2)cc1F. The van der Waals surface area contributed by atoms with Crippen LogP contribution in [-0.2, 0) is 6.54 Å². The lowest BCUT2D eigenvalue weighted by Gasteiger charge is -2.05. The van der Waals surface area contributed by atoms with Gasteiger partial charge in [-0.15, -0.1) is 0 Å². The third kappa shape index (κ3) is 4.66. The topological polar surface area (TPSA) is 38.0 Å². The number of aromatic hydroxyl groups is 1. The number of hydrogen-bond donors (Lipinski definition) is 1. The van der Waals surface area contributed by atoms with E-state index in [1.54, 1.807) is 48.6 Å². The van der Waals surface area contributed by atoms with Crippen LogP contribution in [0.3, 0.4) is 0 Å². The lowest BCUT2D eigenvalue weighted by atomic mass is 10.0. The van der Waals surface area contributed by atoms with Crippen LogP contribution in [-0.4, -0.2) is 14.7 Å². The summed E-state index contributed by atoms with van der Waals surface area (Å²) in [5.41, 5.74) is 3.40. The summed E-state index contributed by atoms with van der Waals surface area (Å²) >= 11 is 12.3. The summed E-state index contributed by atoms with van der Waals surface area (Å²) in [6.07, 6.45) is 5.39. The molecule has 1 heterocycles. The summed E-state index contributed by atoms with van der Waals surface area (Å²) in [4.78, 5) is 4.66. The first-order valence-electron chi connectivity index (χ1n) is 9.74. The number of nitrogens with zero attached hydrogens (tertiary/aromatic N) is 2. The van der Waals surface area contributed by atoms with Gasteiger partial charge in [0.1, 0.15) is 17.4 Å². The van der Waals surface area contributed by atoms with E-state index in [0.717, 1.165) is 16.8 Å². The zero-order valence-electron chi connectivity index (χ0n) is 16.7. The van der Waals surface area contributed by atoms with Gasteiger partial charge in [-0.25, -0.2) is 9.37 Å². The maximum absolute atomic E-state index is 14.7. The van der Waals surface area contributed by atoms with Gasteiger partial charge in [-0.1, -0.05) is 47.5 Å². The number of aromatic nitrogens is 2. The Bertz CT molecular complexity index is 1280. The summed E-state index contributed by atoms with van der Waals surface area (Å²) in [5, 5.41) is 10.7. The molecule has 31 heavy (non-hydrogen) atoms. The van der Waals surface area contributed by atoms with Crippen molar-refractivity contribution in [2.24, 2.45) is 0 Å². The van der Waals surface area contributed by atoms with E-state index in [9.17, 15) is 9.50 Å². The van der Waals surface area contributed by atoms with Crippen LogP contribution < -0.4 is 0 Å². The van der Waals surface area contributed by atoms with Crippen molar-refractivity contribution in [3.63, 3.8) is 0 Å². The van der Waals surface area contributed by atoms with Crippen molar-refractivity contribution in [1.29, 1.82) is 0 Å². The van der Waals surface area contributed by atoms with Gasteiger partial charge in [-0.3, -0.25) is 0 Å². The van der Waals surface area contributed by atoms with Crippen LogP contribution >= 0.6 is 23.2 Å². The van der Waals surface area contributed by atoms with Crippen LogP contribution in [0.1, 0.15) is 18.3 Å². The Balaban J connectivity index is 1.63. The lowest BCUT2D eigenvalue weighted by molar-refractivity contribution is 0.475. The molecule has 0 saturated carbocycles. The second-order valence-corrected chi connectivity index (χ2v) is 7.86. The number of phenolic OH excluding ortho intramolecular Hbond substituents is 1. The fraction of sp³-hybridized carbons (Fsp3) is 0.0800. The van der Waals surface area contributed by atoms with E-state index >= 15 is 0 Å². The van der Waals surface area contributed by atoms with E-state index in [0.29, 0.717) is 33.5 Å². The zero-order chi connectivity index (χ0) is 22.0. The number of aryl methyl sites for hydroxylation is 1. The minimum atomic E-state index is -0.354. The van der Waals surface area contributed by atoms with Crippen LogP contribution in [0.4, 0.5) is 4.39 Å². The zero-order valence-corrected chi connectivity index (χ0v) is 18.2. The normalized spacial score (nSPS) is 11.4. The Labute approximate surface area is 190 Å². The molecule has 0 radical (unpaired) electrons. The number of halogens is 3. The van der Waals surface area contributed by atoms with Crippen molar-refractivity contribution in [3.05, 3.63) is 94.1 Å². The quantitative estimate of drug-likeness (QED) is 0.339. The Morgan fingerprint density at radius 1 is 1.00 bits per heavy atom. The minimum Gasteiger partial charge on any atom is -0.508 e. The molecule has 0 unspecified atom stereocenters. The standard InChI is InChI=1S/C25H19Cl2FN2O/c1-2-30-15-24(21-10-9-19(26)14-22(21)27)29-25(30)11-8-16-6-7-18(13-23(16)28)17-4-3-5-20(31)12-17/h3-15,31H,2H2,1H3. The van der Waals surface area contributed by atoms with Gasteiger partial charge in [0.2, 0.25) is 0 Å². The average Bonchev–Trinajstić information content (AvgIpc) is 3.15. The first-order valence-corrected chi connectivity index (χ1v) is 10.5. The van der Waals surface area contributed by atoms with Crippen molar-refractivity contribution >= 4 is 35.4 Å². The Hall–Kier alpha value is -3.08. The van der Waals surface area contributed by atoms with Crippen LogP contribution in [0.15, 0.2) is 66.9 Å². The maximum atomic E-state index is 14.7. The smallest absolute Gasteiger partial charge is 0.133 e. The van der Waals surface area contributed by atoms with E-state index in [1.165, 1.54) is 6.07 Å². The number of imidazole rings is 1. The molecular formula is C25H19Cl2FN2O. The summed E-state index contributed by atoms with van der Waals surface area (Å²) in [6, 6.07) is 17.0. The molecule has 0 atom stereocenters. The molecule has 0 saturated heterocycles. The molecule has 0 aliphatic rings. The van der Waals surface area contributed by atoms with Crippen molar-refractivity contribution in [2.45, 2.75) is 13.5 Å². The van der Waals surface area contributed by atoms with E-state index in [2.05, 4.69) is 4.98 Å². The highest BCUT2D eigenvalue weighted by atomic mass is 35.5. The molecule has 4 rings (SSSR count). The van der Waals surface area contributed by atoms with E-state index in [-0.39, 0.29) is 11.6 Å². The molecule has 6 heteroatoms. The molecule has 0 aliphatic carbocycles. The van der Waals surface area contributed by atoms with Gasteiger partial charge >= 0.3 is 0 Å². The van der Waals surface area contributed by atoms with Crippen molar-refractivity contribution in [2.75, 3.05) is 0 Å². The highest BCUT2D eigenvalue weighted by molar-refractivity contribution is 6.36. The summed E-state index contributed by atoms with van der Waals surface area (Å²) < 4.78 is 16.7. The molecule has 0 aliphatic heterocycles. The molecule has 1 aromatic heterocycles. The summed E-state index contributed by atoms with van der Waals surface area (Å²) in [5.74, 6) is 0.484. The molecule has 3 aromatic carbocycles. The molecule has 4 aromatic rings. The van der Waals surface area contributed by atoms with Gasteiger partial charge < -0.3 is 9.67 Å². The highest BCUT2D eigenvalue weighted by Crippen LogP contribution is 2.30. The Morgan fingerprint density at radius 2 is 1.81 bits per heavy atom. The first kappa shape index (κ1) is 21.2. The molecule has 0 amide bonds. The van der Waals surface area contributed by atoms with E-state index < -0.39 is 0 Å². The molecule has 0 spiro atoms. The predicted molar refractivity (Wildman–Crippen MR) is 126 cm³/mol. The summed E-state index contributed by atoms with van der Waals surface area (Å²) in [7, 11) is 0. The van der Waals surface area contributed by atoms with Crippen LogP contribution in [0.25, 0.3) is 34.5 Å². The van der Waals surface area contributed by atoms with Gasteiger partial charge in [0.15, 0.2) is 0 Å². The van der Waals surface area contributed by atoms with Crippen molar-refractivity contribution < 1.29 is 9.50 Å². The second-order valence-electron chi connectivity index (χ2n) is 7.01. The maximum Gasteiger partial charge on any atom is 0.133 e.